The van der Waals surface area contributed by atoms with Crippen LogP contribution >= 0.6 is 0 Å². The predicted molar refractivity (Wildman–Crippen MR) is 91.4 cm³/mol. The van der Waals surface area contributed by atoms with Gasteiger partial charge in [-0.05, 0) is 23.8 Å². The van der Waals surface area contributed by atoms with Gasteiger partial charge in [0.15, 0.2) is 5.78 Å². The highest BCUT2D eigenvalue weighted by atomic mass is 16.1. The fraction of sp³-hybridized carbons (Fsp3) is 0.0500. The van der Waals surface area contributed by atoms with Crippen molar-refractivity contribution < 1.29 is 4.79 Å². The number of Topliss-reactive ketones (excluding diaryl/α,β-unsaturated/α-hetero) is 1. The van der Waals surface area contributed by atoms with Gasteiger partial charge in [-0.25, -0.2) is 9.97 Å². The number of carbonyl (C=O) groups is 1. The molecule has 1 atom stereocenters. The van der Waals surface area contributed by atoms with Gasteiger partial charge in [0, 0.05) is 5.57 Å². The van der Waals surface area contributed by atoms with Gasteiger partial charge in [-0.15, -0.1) is 0 Å². The number of aromatic nitrogens is 2. The number of hydrogen-bond acceptors (Lipinski definition) is 5. The van der Waals surface area contributed by atoms with Gasteiger partial charge in [0.25, 0.3) is 0 Å². The van der Waals surface area contributed by atoms with E-state index in [1.165, 1.54) is 0 Å². The van der Waals surface area contributed by atoms with Gasteiger partial charge in [0.1, 0.15) is 17.3 Å². The highest BCUT2D eigenvalue weighted by molar-refractivity contribution is 6.08. The van der Waals surface area contributed by atoms with E-state index >= 15 is 0 Å². The summed E-state index contributed by atoms with van der Waals surface area (Å²) in [4.78, 5) is 21.9. The fourth-order valence-corrected chi connectivity index (χ4v) is 3.04. The maximum Gasteiger partial charge on any atom is 0.195 e. The summed E-state index contributed by atoms with van der Waals surface area (Å²) < 4.78 is 0. The minimum Gasteiger partial charge on any atom is -0.291 e. The summed E-state index contributed by atoms with van der Waals surface area (Å²) in [5.41, 5.74) is 2.96. The summed E-state index contributed by atoms with van der Waals surface area (Å²) in [5, 5.41) is 18.7. The molecular weight excluding hydrogens is 312 g/mol. The maximum absolute atomic E-state index is 13.0. The SMILES string of the molecule is N#CC1=Cc2nc3c(C#N)cccc3nc2C(=O)C1c1ccccc1. The van der Waals surface area contributed by atoms with Crippen LogP contribution < -0.4 is 0 Å². The molecule has 1 unspecified atom stereocenters. The van der Waals surface area contributed by atoms with Gasteiger partial charge in [-0.1, -0.05) is 36.4 Å². The zero-order valence-electron chi connectivity index (χ0n) is 13.0. The van der Waals surface area contributed by atoms with Gasteiger partial charge < -0.3 is 0 Å². The van der Waals surface area contributed by atoms with Crippen LogP contribution in [0.1, 0.15) is 33.2 Å². The Bertz CT molecular complexity index is 1130. The lowest BCUT2D eigenvalue weighted by atomic mass is 9.82. The molecular formula is C20H10N4O. The molecule has 2 aromatic carbocycles. The smallest absolute Gasteiger partial charge is 0.195 e. The number of para-hydroxylation sites is 1. The number of nitriles is 2. The van der Waals surface area contributed by atoms with Crippen molar-refractivity contribution in [2.75, 3.05) is 0 Å². The molecule has 5 nitrogen and oxygen atoms in total. The largest absolute Gasteiger partial charge is 0.291 e. The van der Waals surface area contributed by atoms with Gasteiger partial charge in [0.2, 0.25) is 0 Å². The van der Waals surface area contributed by atoms with Crippen molar-refractivity contribution in [1.82, 2.24) is 9.97 Å². The van der Waals surface area contributed by atoms with E-state index in [0.29, 0.717) is 27.9 Å². The summed E-state index contributed by atoms with van der Waals surface area (Å²) in [7, 11) is 0. The third kappa shape index (κ3) is 2.27. The molecule has 3 aromatic rings. The van der Waals surface area contributed by atoms with Crippen molar-refractivity contribution in [1.29, 1.82) is 10.5 Å². The summed E-state index contributed by atoms with van der Waals surface area (Å²) >= 11 is 0. The Kier molecular flexibility index (Phi) is 3.34. The second kappa shape index (κ2) is 5.67. The van der Waals surface area contributed by atoms with E-state index < -0.39 is 5.92 Å². The van der Waals surface area contributed by atoms with Crippen LogP contribution in [0.2, 0.25) is 0 Å². The van der Waals surface area contributed by atoms with Crippen LogP contribution in [-0.2, 0) is 0 Å². The predicted octanol–water partition coefficient (Wildman–Crippen LogP) is 3.39. The fourth-order valence-electron chi connectivity index (χ4n) is 3.04. The lowest BCUT2D eigenvalue weighted by Crippen LogP contribution is -2.22. The zero-order chi connectivity index (χ0) is 17.4. The normalized spacial score (nSPS) is 15.8. The average Bonchev–Trinajstić information content (AvgIpc) is 2.66. The second-order valence-electron chi connectivity index (χ2n) is 5.66. The molecule has 0 N–H and O–H groups in total. The third-order valence-corrected chi connectivity index (χ3v) is 4.20. The molecule has 1 aliphatic rings. The van der Waals surface area contributed by atoms with Crippen LogP contribution in [0.4, 0.5) is 0 Å². The quantitative estimate of drug-likeness (QED) is 0.685. The molecule has 0 amide bonds. The summed E-state index contributed by atoms with van der Waals surface area (Å²) in [6.45, 7) is 0. The first kappa shape index (κ1) is 14.7. The summed E-state index contributed by atoms with van der Waals surface area (Å²) in [6.07, 6.45) is 1.59. The molecule has 0 radical (unpaired) electrons. The molecule has 0 bridgehead atoms. The topological polar surface area (TPSA) is 90.4 Å². The Morgan fingerprint density at radius 1 is 0.920 bits per heavy atom. The lowest BCUT2D eigenvalue weighted by Gasteiger charge is -2.20. The number of hydrogen-bond donors (Lipinski definition) is 0. The van der Waals surface area contributed by atoms with E-state index in [1.807, 2.05) is 30.3 Å². The molecule has 0 aliphatic heterocycles. The summed E-state index contributed by atoms with van der Waals surface area (Å²) in [5.74, 6) is -0.929. The van der Waals surface area contributed by atoms with Crippen molar-refractivity contribution in [2.45, 2.75) is 5.92 Å². The number of allylic oxidation sites excluding steroid dienone is 1. The first-order valence-corrected chi connectivity index (χ1v) is 7.64. The number of ketones is 1. The zero-order valence-corrected chi connectivity index (χ0v) is 13.0. The average molecular weight is 322 g/mol. The molecule has 25 heavy (non-hydrogen) atoms. The van der Waals surface area contributed by atoms with Crippen LogP contribution in [0.25, 0.3) is 17.1 Å². The molecule has 0 spiro atoms. The van der Waals surface area contributed by atoms with Gasteiger partial charge in [-0.2, -0.15) is 10.5 Å². The van der Waals surface area contributed by atoms with Crippen molar-refractivity contribution >= 4 is 22.9 Å². The summed E-state index contributed by atoms with van der Waals surface area (Å²) in [6, 6.07) is 18.4. The molecule has 0 fully saturated rings. The third-order valence-electron chi connectivity index (χ3n) is 4.20. The molecule has 0 saturated carbocycles. The Hall–Kier alpha value is -3.83. The van der Waals surface area contributed by atoms with Crippen molar-refractivity contribution in [2.24, 2.45) is 0 Å². The molecule has 4 rings (SSSR count). The van der Waals surface area contributed by atoms with Gasteiger partial charge in [0.05, 0.1) is 28.8 Å². The second-order valence-corrected chi connectivity index (χ2v) is 5.66. The Balaban J connectivity index is 1.97. The molecule has 116 valence electrons. The van der Waals surface area contributed by atoms with E-state index in [2.05, 4.69) is 22.1 Å². The molecule has 1 aromatic heterocycles. The molecule has 0 saturated heterocycles. The number of fused-ring (bicyclic) bond motifs is 2. The number of benzene rings is 2. The Labute approximate surface area is 143 Å². The minimum absolute atomic E-state index is 0.232. The minimum atomic E-state index is -0.676. The number of carbonyl (C=O) groups excluding carboxylic acids is 1. The van der Waals surface area contributed by atoms with Crippen molar-refractivity contribution in [3.05, 3.63) is 76.6 Å². The standard InChI is InChI=1S/C20H10N4O/c21-10-13-7-4-8-15-18(13)24-16-9-14(11-22)17(20(25)19(16)23-15)12-5-2-1-3-6-12/h1-9,17H. The maximum atomic E-state index is 13.0. The van der Waals surface area contributed by atoms with Crippen LogP contribution in [0.15, 0.2) is 54.1 Å². The van der Waals surface area contributed by atoms with E-state index in [0.717, 1.165) is 5.56 Å². The van der Waals surface area contributed by atoms with Crippen LogP contribution in [0.5, 0.6) is 0 Å². The van der Waals surface area contributed by atoms with E-state index in [9.17, 15) is 15.3 Å². The van der Waals surface area contributed by atoms with Gasteiger partial charge in [-0.3, -0.25) is 4.79 Å². The van der Waals surface area contributed by atoms with Crippen LogP contribution in [0, 0.1) is 22.7 Å². The highest BCUT2D eigenvalue weighted by Crippen LogP contribution is 2.34. The van der Waals surface area contributed by atoms with Crippen molar-refractivity contribution in [3.8, 4) is 12.1 Å². The van der Waals surface area contributed by atoms with Crippen molar-refractivity contribution in [3.63, 3.8) is 0 Å². The molecule has 1 aliphatic carbocycles. The van der Waals surface area contributed by atoms with Crippen LogP contribution in [-0.4, -0.2) is 15.8 Å². The number of rotatable bonds is 1. The number of nitrogens with zero attached hydrogens (tertiary/aromatic N) is 4. The Morgan fingerprint density at radius 2 is 1.72 bits per heavy atom. The van der Waals surface area contributed by atoms with Gasteiger partial charge >= 0.3 is 0 Å². The lowest BCUT2D eigenvalue weighted by molar-refractivity contribution is 0.0967. The monoisotopic (exact) mass is 322 g/mol. The Morgan fingerprint density at radius 3 is 2.44 bits per heavy atom. The molecule has 5 heteroatoms. The highest BCUT2D eigenvalue weighted by Gasteiger charge is 2.33. The molecule has 1 heterocycles. The van der Waals surface area contributed by atoms with Crippen LogP contribution in [0.3, 0.4) is 0 Å². The van der Waals surface area contributed by atoms with E-state index in [-0.39, 0.29) is 11.5 Å². The first-order valence-electron chi connectivity index (χ1n) is 7.64. The van der Waals surface area contributed by atoms with E-state index in [1.54, 1.807) is 24.3 Å². The van der Waals surface area contributed by atoms with E-state index in [4.69, 9.17) is 0 Å². The first-order chi connectivity index (χ1) is 12.2.